The number of nitriles is 1. The molecule has 96 valence electrons. The van der Waals surface area contributed by atoms with Crippen LogP contribution in [0.3, 0.4) is 0 Å². The summed E-state index contributed by atoms with van der Waals surface area (Å²) < 4.78 is 10.3. The number of carbonyl (C=O) groups is 1. The number of amides is 1. The van der Waals surface area contributed by atoms with Crippen molar-refractivity contribution < 1.29 is 13.6 Å². The molecule has 1 amide bonds. The van der Waals surface area contributed by atoms with Crippen LogP contribution in [-0.4, -0.2) is 5.91 Å². The zero-order valence-corrected chi connectivity index (χ0v) is 10.3. The van der Waals surface area contributed by atoms with Crippen LogP contribution in [0.15, 0.2) is 45.1 Å². The summed E-state index contributed by atoms with van der Waals surface area (Å²) in [5.41, 5.74) is 0.858. The average Bonchev–Trinajstić information content (AvgIpc) is 3.05. The summed E-state index contributed by atoms with van der Waals surface area (Å²) in [5, 5.41) is 11.6. The summed E-state index contributed by atoms with van der Waals surface area (Å²) in [5.74, 6) is 0.666. The van der Waals surface area contributed by atoms with E-state index in [0.29, 0.717) is 11.5 Å². The zero-order valence-electron chi connectivity index (χ0n) is 10.3. The maximum absolute atomic E-state index is 11.8. The Hall–Kier alpha value is -2.74. The van der Waals surface area contributed by atoms with Gasteiger partial charge in [-0.05, 0) is 30.7 Å². The molecule has 0 radical (unpaired) electrons. The standard InChI is InChI=1S/C14H12N2O3/c1-10-4-6-19-13(10)7-11(8-15)14(17)16-9-12-3-2-5-18-12/h2-7H,9H2,1H3,(H,16,17). The predicted molar refractivity (Wildman–Crippen MR) is 67.6 cm³/mol. The van der Waals surface area contributed by atoms with E-state index in [1.165, 1.54) is 18.6 Å². The molecule has 2 aromatic heterocycles. The monoisotopic (exact) mass is 256 g/mol. The van der Waals surface area contributed by atoms with Gasteiger partial charge < -0.3 is 14.2 Å². The predicted octanol–water partition coefficient (Wildman–Crippen LogP) is 2.40. The van der Waals surface area contributed by atoms with Gasteiger partial charge in [-0.3, -0.25) is 4.79 Å². The average molecular weight is 256 g/mol. The maximum Gasteiger partial charge on any atom is 0.262 e. The molecule has 0 aliphatic rings. The number of nitrogens with one attached hydrogen (secondary N) is 1. The van der Waals surface area contributed by atoms with Crippen LogP contribution in [0.1, 0.15) is 17.1 Å². The lowest BCUT2D eigenvalue weighted by molar-refractivity contribution is -0.117. The first-order valence-electron chi connectivity index (χ1n) is 5.67. The van der Waals surface area contributed by atoms with Crippen LogP contribution in [-0.2, 0) is 11.3 Å². The third-order valence-electron chi connectivity index (χ3n) is 2.55. The fourth-order valence-corrected chi connectivity index (χ4v) is 1.49. The number of aryl methyl sites for hydroxylation is 1. The van der Waals surface area contributed by atoms with E-state index >= 15 is 0 Å². The minimum atomic E-state index is -0.463. The van der Waals surface area contributed by atoms with Gasteiger partial charge in [-0.1, -0.05) is 0 Å². The highest BCUT2D eigenvalue weighted by Gasteiger charge is 2.11. The van der Waals surface area contributed by atoms with Gasteiger partial charge in [0.15, 0.2) is 0 Å². The van der Waals surface area contributed by atoms with E-state index in [1.54, 1.807) is 18.2 Å². The summed E-state index contributed by atoms with van der Waals surface area (Å²) >= 11 is 0. The summed E-state index contributed by atoms with van der Waals surface area (Å²) in [6.07, 6.45) is 4.46. The Morgan fingerprint density at radius 3 is 2.84 bits per heavy atom. The molecule has 0 aliphatic carbocycles. The molecule has 0 saturated carbocycles. The highest BCUT2D eigenvalue weighted by Crippen LogP contribution is 2.13. The lowest BCUT2D eigenvalue weighted by Crippen LogP contribution is -2.23. The lowest BCUT2D eigenvalue weighted by atomic mass is 10.2. The minimum absolute atomic E-state index is 0.00962. The molecule has 0 bridgehead atoms. The van der Waals surface area contributed by atoms with E-state index in [1.807, 2.05) is 13.0 Å². The molecule has 0 saturated heterocycles. The van der Waals surface area contributed by atoms with E-state index in [4.69, 9.17) is 14.1 Å². The fourth-order valence-electron chi connectivity index (χ4n) is 1.49. The Balaban J connectivity index is 2.06. The quantitative estimate of drug-likeness (QED) is 0.673. The Labute approximate surface area is 110 Å². The molecule has 0 aromatic carbocycles. The minimum Gasteiger partial charge on any atom is -0.467 e. The Bertz CT molecular complexity index is 630. The summed E-state index contributed by atoms with van der Waals surface area (Å²) in [7, 11) is 0. The van der Waals surface area contributed by atoms with Crippen LogP contribution >= 0.6 is 0 Å². The van der Waals surface area contributed by atoms with Gasteiger partial charge in [-0.25, -0.2) is 0 Å². The second-order valence-electron chi connectivity index (χ2n) is 3.90. The van der Waals surface area contributed by atoms with Gasteiger partial charge >= 0.3 is 0 Å². The molecule has 19 heavy (non-hydrogen) atoms. The number of carbonyl (C=O) groups excluding carboxylic acids is 1. The molecular weight excluding hydrogens is 244 g/mol. The molecule has 5 heteroatoms. The first-order valence-corrected chi connectivity index (χ1v) is 5.67. The molecule has 0 fully saturated rings. The number of nitrogens with zero attached hydrogens (tertiary/aromatic N) is 1. The molecule has 0 spiro atoms. The Morgan fingerprint density at radius 1 is 1.42 bits per heavy atom. The largest absolute Gasteiger partial charge is 0.467 e. The van der Waals surface area contributed by atoms with Gasteiger partial charge in [0, 0.05) is 6.08 Å². The first kappa shape index (κ1) is 12.7. The van der Waals surface area contributed by atoms with Crippen molar-refractivity contribution in [2.24, 2.45) is 0 Å². The van der Waals surface area contributed by atoms with Crippen molar-refractivity contribution in [3.8, 4) is 6.07 Å². The Kier molecular flexibility index (Phi) is 3.84. The molecule has 5 nitrogen and oxygen atoms in total. The third-order valence-corrected chi connectivity index (χ3v) is 2.55. The smallest absolute Gasteiger partial charge is 0.262 e. The van der Waals surface area contributed by atoms with E-state index < -0.39 is 5.91 Å². The molecule has 1 N–H and O–H groups in total. The Morgan fingerprint density at radius 2 is 2.26 bits per heavy atom. The lowest BCUT2D eigenvalue weighted by Gasteiger charge is -2.01. The van der Waals surface area contributed by atoms with Gasteiger partial charge in [0.1, 0.15) is 23.2 Å². The molecule has 2 rings (SSSR count). The van der Waals surface area contributed by atoms with Gasteiger partial charge in [0.25, 0.3) is 5.91 Å². The first-order chi connectivity index (χ1) is 9.20. The van der Waals surface area contributed by atoms with E-state index in [2.05, 4.69) is 5.32 Å². The molecule has 2 heterocycles. The van der Waals surface area contributed by atoms with Crippen molar-refractivity contribution in [2.45, 2.75) is 13.5 Å². The maximum atomic E-state index is 11.8. The number of rotatable bonds is 4. The van der Waals surface area contributed by atoms with Gasteiger partial charge in [0.2, 0.25) is 0 Å². The molecule has 0 unspecified atom stereocenters. The van der Waals surface area contributed by atoms with Crippen molar-refractivity contribution in [3.63, 3.8) is 0 Å². The van der Waals surface area contributed by atoms with Gasteiger partial charge in [0.05, 0.1) is 19.1 Å². The summed E-state index contributed by atoms with van der Waals surface area (Å²) in [6, 6.07) is 7.10. The molecule has 2 aromatic rings. The highest BCUT2D eigenvalue weighted by molar-refractivity contribution is 6.01. The van der Waals surface area contributed by atoms with Crippen molar-refractivity contribution in [3.05, 3.63) is 53.4 Å². The van der Waals surface area contributed by atoms with Crippen LogP contribution in [0, 0.1) is 18.3 Å². The van der Waals surface area contributed by atoms with E-state index in [0.717, 1.165) is 5.56 Å². The van der Waals surface area contributed by atoms with Crippen LogP contribution < -0.4 is 5.32 Å². The van der Waals surface area contributed by atoms with Crippen molar-refractivity contribution in [1.29, 1.82) is 5.26 Å². The van der Waals surface area contributed by atoms with E-state index in [-0.39, 0.29) is 12.1 Å². The second kappa shape index (κ2) is 5.74. The summed E-state index contributed by atoms with van der Waals surface area (Å²) in [4.78, 5) is 11.8. The van der Waals surface area contributed by atoms with Crippen LogP contribution in [0.4, 0.5) is 0 Å². The second-order valence-corrected chi connectivity index (χ2v) is 3.90. The highest BCUT2D eigenvalue weighted by atomic mass is 16.3. The number of hydrogen-bond donors (Lipinski definition) is 1. The van der Waals surface area contributed by atoms with E-state index in [9.17, 15) is 4.79 Å². The van der Waals surface area contributed by atoms with Crippen LogP contribution in [0.5, 0.6) is 0 Å². The van der Waals surface area contributed by atoms with Gasteiger partial charge in [-0.2, -0.15) is 5.26 Å². The van der Waals surface area contributed by atoms with Crippen molar-refractivity contribution >= 4 is 12.0 Å². The van der Waals surface area contributed by atoms with Crippen LogP contribution in [0.2, 0.25) is 0 Å². The molecule has 0 atom stereocenters. The normalized spacial score (nSPS) is 11.1. The van der Waals surface area contributed by atoms with Crippen molar-refractivity contribution in [2.75, 3.05) is 0 Å². The SMILES string of the molecule is Cc1ccoc1C=C(C#N)C(=O)NCc1ccco1. The topological polar surface area (TPSA) is 79.2 Å². The molecule has 0 aliphatic heterocycles. The summed E-state index contributed by atoms with van der Waals surface area (Å²) in [6.45, 7) is 2.08. The van der Waals surface area contributed by atoms with Crippen LogP contribution in [0.25, 0.3) is 6.08 Å². The zero-order chi connectivity index (χ0) is 13.7. The van der Waals surface area contributed by atoms with Crippen molar-refractivity contribution in [1.82, 2.24) is 5.32 Å². The van der Waals surface area contributed by atoms with Gasteiger partial charge in [-0.15, -0.1) is 0 Å². The number of furan rings is 2. The third kappa shape index (κ3) is 3.13. The molecular formula is C14H12N2O3. The fraction of sp³-hybridized carbons (Fsp3) is 0.143. The number of hydrogen-bond acceptors (Lipinski definition) is 4.